The van der Waals surface area contributed by atoms with Crippen LogP contribution in [0.15, 0.2) is 42.5 Å². The molecule has 0 amide bonds. The minimum absolute atomic E-state index is 0. The number of hydrogen-bond donors (Lipinski definition) is 1. The lowest BCUT2D eigenvalue weighted by atomic mass is 9.91. The van der Waals surface area contributed by atoms with E-state index >= 15 is 0 Å². The number of halogens is 2. The van der Waals surface area contributed by atoms with Crippen molar-refractivity contribution >= 4 is 23.4 Å². The van der Waals surface area contributed by atoms with Crippen LogP contribution < -0.4 is 0 Å². The summed E-state index contributed by atoms with van der Waals surface area (Å²) in [7, 11) is 2.01. The molecule has 0 fully saturated rings. The zero-order valence-electron chi connectivity index (χ0n) is 16.1. The Morgan fingerprint density at radius 3 is 2.71 bits per heavy atom. The highest BCUT2D eigenvalue weighted by molar-refractivity contribution is 5.85. The van der Waals surface area contributed by atoms with Crippen LogP contribution in [0.25, 0.3) is 33.7 Å². The van der Waals surface area contributed by atoms with Gasteiger partial charge in [0.25, 0.3) is 0 Å². The predicted molar refractivity (Wildman–Crippen MR) is 112 cm³/mol. The van der Waals surface area contributed by atoms with Crippen molar-refractivity contribution in [3.8, 4) is 22.6 Å². The van der Waals surface area contributed by atoms with Crippen LogP contribution in [0.1, 0.15) is 31.5 Å². The molecule has 28 heavy (non-hydrogen) atoms. The van der Waals surface area contributed by atoms with Gasteiger partial charge in [0, 0.05) is 29.3 Å². The van der Waals surface area contributed by atoms with Gasteiger partial charge >= 0.3 is 0 Å². The number of benzene rings is 2. The first-order valence-electron chi connectivity index (χ1n) is 9.25. The minimum Gasteiger partial charge on any atom is -0.337 e. The first-order valence-corrected chi connectivity index (χ1v) is 9.25. The number of aromatic amines is 1. The molecular formula is C22H22ClFN4. The van der Waals surface area contributed by atoms with Crippen molar-refractivity contribution < 1.29 is 4.39 Å². The number of rotatable bonds is 2. The normalized spacial score (nSPS) is 14.9. The van der Waals surface area contributed by atoms with Gasteiger partial charge in [-0.1, -0.05) is 38.1 Å². The quantitative estimate of drug-likeness (QED) is 0.492. The summed E-state index contributed by atoms with van der Waals surface area (Å²) in [6, 6.07) is 12.6. The third kappa shape index (κ3) is 2.73. The molecule has 5 rings (SSSR count). The Balaban J connectivity index is 0.00000192. The number of aromatic nitrogens is 4. The second kappa shape index (κ2) is 6.45. The van der Waals surface area contributed by atoms with Crippen molar-refractivity contribution in [1.82, 2.24) is 19.7 Å². The Kier molecular flexibility index (Phi) is 4.31. The maximum absolute atomic E-state index is 14.1. The van der Waals surface area contributed by atoms with Gasteiger partial charge < -0.3 is 4.98 Å². The Morgan fingerprint density at radius 1 is 1.14 bits per heavy atom. The van der Waals surface area contributed by atoms with Gasteiger partial charge in [0.15, 0.2) is 5.82 Å². The van der Waals surface area contributed by atoms with Gasteiger partial charge in [-0.25, -0.2) is 9.37 Å². The fourth-order valence-corrected chi connectivity index (χ4v) is 4.38. The molecule has 4 nitrogen and oxygen atoms in total. The summed E-state index contributed by atoms with van der Waals surface area (Å²) in [5.41, 5.74) is 6.84. The number of hydrogen-bond acceptors (Lipinski definition) is 2. The molecule has 1 aliphatic rings. The minimum atomic E-state index is -0.221. The van der Waals surface area contributed by atoms with Crippen LogP contribution in [0.3, 0.4) is 0 Å². The molecule has 2 heterocycles. The van der Waals surface area contributed by atoms with E-state index in [0.717, 1.165) is 41.0 Å². The molecule has 0 aliphatic heterocycles. The highest BCUT2D eigenvalue weighted by Gasteiger charge is 2.36. The van der Waals surface area contributed by atoms with Crippen LogP contribution in [0, 0.1) is 5.82 Å². The lowest BCUT2D eigenvalue weighted by Crippen LogP contribution is -2.17. The number of H-pyrrole nitrogens is 1. The van der Waals surface area contributed by atoms with Gasteiger partial charge in [0.05, 0.1) is 11.0 Å². The van der Waals surface area contributed by atoms with E-state index in [1.54, 1.807) is 12.1 Å². The molecular weight excluding hydrogens is 375 g/mol. The van der Waals surface area contributed by atoms with Crippen molar-refractivity contribution in [2.45, 2.75) is 32.1 Å². The van der Waals surface area contributed by atoms with E-state index < -0.39 is 0 Å². The molecule has 0 saturated carbocycles. The van der Waals surface area contributed by atoms with E-state index in [9.17, 15) is 4.39 Å². The van der Waals surface area contributed by atoms with Gasteiger partial charge in [0.2, 0.25) is 0 Å². The Morgan fingerprint density at radius 2 is 1.93 bits per heavy atom. The molecule has 0 radical (unpaired) electrons. The molecule has 1 N–H and O–H groups in total. The largest absolute Gasteiger partial charge is 0.337 e. The van der Waals surface area contributed by atoms with E-state index in [1.165, 1.54) is 17.3 Å². The summed E-state index contributed by atoms with van der Waals surface area (Å²) in [6.07, 6.45) is 2.14. The van der Waals surface area contributed by atoms with Crippen LogP contribution in [-0.4, -0.2) is 19.7 Å². The van der Waals surface area contributed by atoms with Crippen LogP contribution in [-0.2, 0) is 18.9 Å². The molecule has 0 unspecified atom stereocenters. The van der Waals surface area contributed by atoms with Gasteiger partial charge in [0.1, 0.15) is 11.5 Å². The van der Waals surface area contributed by atoms with E-state index in [2.05, 4.69) is 18.8 Å². The third-order valence-electron chi connectivity index (χ3n) is 5.68. The number of fused-ring (bicyclic) bond motifs is 2. The Hall–Kier alpha value is -2.66. The first-order chi connectivity index (χ1) is 12.9. The molecule has 0 saturated heterocycles. The fraction of sp³-hybridized carbons (Fsp3) is 0.273. The van der Waals surface area contributed by atoms with E-state index in [-0.39, 0.29) is 23.6 Å². The van der Waals surface area contributed by atoms with Gasteiger partial charge in [-0.15, -0.1) is 12.4 Å². The third-order valence-corrected chi connectivity index (χ3v) is 5.68. The topological polar surface area (TPSA) is 46.5 Å². The molecule has 2 aromatic carbocycles. The van der Waals surface area contributed by atoms with Crippen molar-refractivity contribution in [2.24, 2.45) is 7.05 Å². The van der Waals surface area contributed by atoms with Crippen LogP contribution in [0.2, 0.25) is 0 Å². The second-order valence-corrected chi connectivity index (χ2v) is 7.98. The average Bonchev–Trinajstić information content (AvgIpc) is 3.29. The summed E-state index contributed by atoms with van der Waals surface area (Å²) in [6.45, 7) is 4.53. The number of aryl methyl sites for hydroxylation is 1. The van der Waals surface area contributed by atoms with Gasteiger partial charge in [-0.2, -0.15) is 5.10 Å². The molecule has 6 heteroatoms. The Bertz CT molecular complexity index is 1190. The first kappa shape index (κ1) is 18.7. The van der Waals surface area contributed by atoms with E-state index in [4.69, 9.17) is 10.1 Å². The molecule has 1 aliphatic carbocycles. The van der Waals surface area contributed by atoms with Crippen molar-refractivity contribution in [3.63, 3.8) is 0 Å². The smallest absolute Gasteiger partial charge is 0.159 e. The highest BCUT2D eigenvalue weighted by Crippen LogP contribution is 2.42. The fourth-order valence-electron chi connectivity index (χ4n) is 4.38. The summed E-state index contributed by atoms with van der Waals surface area (Å²) in [5.74, 6) is 0.562. The van der Waals surface area contributed by atoms with Crippen molar-refractivity contribution in [3.05, 3.63) is 59.5 Å². The molecule has 2 aromatic heterocycles. The van der Waals surface area contributed by atoms with Crippen molar-refractivity contribution in [2.75, 3.05) is 0 Å². The van der Waals surface area contributed by atoms with E-state index in [1.807, 2.05) is 36.0 Å². The van der Waals surface area contributed by atoms with Gasteiger partial charge in [-0.05, 0) is 36.6 Å². The summed E-state index contributed by atoms with van der Waals surface area (Å²) >= 11 is 0. The lowest BCUT2D eigenvalue weighted by Gasteiger charge is -2.18. The van der Waals surface area contributed by atoms with Crippen LogP contribution in [0.5, 0.6) is 0 Å². The zero-order chi connectivity index (χ0) is 18.8. The number of nitrogens with one attached hydrogen (secondary N) is 1. The standard InChI is InChI=1S/C22H21FN4.ClH/c1-22(2)11-10-15-19(26-27(3)20(15)22)21-24-17-9-8-13(12-18(17)25-21)14-6-4-5-7-16(14)23;/h4-9,12H,10-11H2,1-3H3,(H,24,25);1H. The maximum Gasteiger partial charge on any atom is 0.159 e. The number of imidazole rings is 1. The molecule has 0 bridgehead atoms. The average molecular weight is 397 g/mol. The monoisotopic (exact) mass is 396 g/mol. The summed E-state index contributed by atoms with van der Waals surface area (Å²) in [5, 5.41) is 4.75. The lowest BCUT2D eigenvalue weighted by molar-refractivity contribution is 0.476. The van der Waals surface area contributed by atoms with Gasteiger partial charge in [-0.3, -0.25) is 4.68 Å². The van der Waals surface area contributed by atoms with E-state index in [0.29, 0.717) is 5.56 Å². The maximum atomic E-state index is 14.1. The van der Waals surface area contributed by atoms with Crippen LogP contribution in [0.4, 0.5) is 4.39 Å². The number of nitrogens with zero attached hydrogens (tertiary/aromatic N) is 3. The molecule has 0 atom stereocenters. The molecule has 0 spiro atoms. The molecule has 4 aromatic rings. The highest BCUT2D eigenvalue weighted by atomic mass is 35.5. The van der Waals surface area contributed by atoms with Crippen LogP contribution >= 0.6 is 12.4 Å². The SMILES string of the molecule is Cl.Cn1nc(-c2nc3ccc(-c4ccccc4F)cc3[nH]2)c2c1C(C)(C)CC2. The summed E-state index contributed by atoms with van der Waals surface area (Å²) in [4.78, 5) is 8.16. The second-order valence-electron chi connectivity index (χ2n) is 7.98. The Labute approximate surface area is 169 Å². The predicted octanol–water partition coefficient (Wildman–Crippen LogP) is 5.42. The summed E-state index contributed by atoms with van der Waals surface area (Å²) < 4.78 is 16.1. The van der Waals surface area contributed by atoms with Crippen molar-refractivity contribution in [1.29, 1.82) is 0 Å². The molecule has 144 valence electrons. The zero-order valence-corrected chi connectivity index (χ0v) is 16.9.